The van der Waals surface area contributed by atoms with Crippen LogP contribution in [0.1, 0.15) is 40.5 Å². The molecule has 2 heterocycles. The normalized spacial score (nSPS) is 13.1. The Labute approximate surface area is 174 Å². The molecule has 2 aromatic heterocycles. The first-order chi connectivity index (χ1) is 14.5. The first-order valence-electron chi connectivity index (χ1n) is 10.4. The summed E-state index contributed by atoms with van der Waals surface area (Å²) in [5, 5.41) is 6.04. The van der Waals surface area contributed by atoms with Crippen molar-refractivity contribution >= 4 is 39.2 Å². The molecule has 0 fully saturated rings. The lowest BCUT2D eigenvalue weighted by Gasteiger charge is -2.09. The Morgan fingerprint density at radius 1 is 1.10 bits per heavy atom. The molecule has 152 valence electrons. The number of carbonyl (C=O) groups is 1. The Bertz CT molecular complexity index is 1300. The summed E-state index contributed by atoms with van der Waals surface area (Å²) >= 11 is 0. The highest BCUT2D eigenvalue weighted by atomic mass is 16.1. The second kappa shape index (κ2) is 7.06. The summed E-state index contributed by atoms with van der Waals surface area (Å²) in [4.78, 5) is 16.9. The Balaban J connectivity index is 1.39. The number of nitrogens with zero attached hydrogens (tertiary/aromatic N) is 2. The predicted octanol–water partition coefficient (Wildman–Crippen LogP) is 3.79. The number of pyridine rings is 1. The minimum Gasteiger partial charge on any atom is -0.384 e. The lowest BCUT2D eigenvalue weighted by molar-refractivity contribution is 0.0951. The third-order valence-electron chi connectivity index (χ3n) is 6.10. The fourth-order valence-corrected chi connectivity index (χ4v) is 4.73. The number of carbonyl (C=O) groups excluding carboxylic acids is 1. The minimum absolute atomic E-state index is 0.0678. The number of nitrogen functional groups attached to an aromatic ring is 2. The molecule has 0 bridgehead atoms. The number of hydrogen-bond acceptors (Lipinski definition) is 4. The van der Waals surface area contributed by atoms with E-state index in [1.807, 2.05) is 24.3 Å². The molecule has 0 spiro atoms. The van der Waals surface area contributed by atoms with Crippen molar-refractivity contribution in [1.82, 2.24) is 14.9 Å². The molecule has 0 atom stereocenters. The van der Waals surface area contributed by atoms with Crippen molar-refractivity contribution in [3.8, 4) is 0 Å². The summed E-state index contributed by atoms with van der Waals surface area (Å²) in [6.07, 6.45) is 3.43. The maximum Gasteiger partial charge on any atom is 0.251 e. The van der Waals surface area contributed by atoms with Gasteiger partial charge in [-0.25, -0.2) is 4.98 Å². The van der Waals surface area contributed by atoms with Crippen LogP contribution >= 0.6 is 0 Å². The highest BCUT2D eigenvalue weighted by Crippen LogP contribution is 2.33. The van der Waals surface area contributed by atoms with Crippen molar-refractivity contribution in [1.29, 1.82) is 0 Å². The SMILES string of the molecule is CCn1c2c(c3cc(C(=O)NCc4ccc5c(N)nc(N)cc5c4)ccc31)CCC2. The van der Waals surface area contributed by atoms with E-state index in [9.17, 15) is 4.79 Å². The lowest BCUT2D eigenvalue weighted by atomic mass is 10.1. The van der Waals surface area contributed by atoms with E-state index >= 15 is 0 Å². The van der Waals surface area contributed by atoms with Gasteiger partial charge in [0, 0.05) is 40.6 Å². The number of anilines is 2. The van der Waals surface area contributed by atoms with Crippen LogP contribution in [0.15, 0.2) is 42.5 Å². The van der Waals surface area contributed by atoms with Crippen LogP contribution in [0.2, 0.25) is 0 Å². The number of benzene rings is 2. The molecular formula is C24H25N5O. The lowest BCUT2D eigenvalue weighted by Crippen LogP contribution is -2.22. The van der Waals surface area contributed by atoms with Gasteiger partial charge < -0.3 is 21.4 Å². The Morgan fingerprint density at radius 3 is 2.80 bits per heavy atom. The summed E-state index contributed by atoms with van der Waals surface area (Å²) < 4.78 is 2.39. The number of rotatable bonds is 4. The Hall–Kier alpha value is -3.54. The van der Waals surface area contributed by atoms with E-state index in [1.54, 1.807) is 6.07 Å². The molecule has 6 nitrogen and oxygen atoms in total. The van der Waals surface area contributed by atoms with Crippen LogP contribution in [0.4, 0.5) is 11.6 Å². The average Bonchev–Trinajstić information content (AvgIpc) is 3.32. The maximum absolute atomic E-state index is 12.8. The van der Waals surface area contributed by atoms with Crippen molar-refractivity contribution in [2.45, 2.75) is 39.3 Å². The summed E-state index contributed by atoms with van der Waals surface area (Å²) in [5.74, 6) is 0.739. The highest BCUT2D eigenvalue weighted by Gasteiger charge is 2.21. The first kappa shape index (κ1) is 18.5. The van der Waals surface area contributed by atoms with Crippen molar-refractivity contribution < 1.29 is 4.79 Å². The van der Waals surface area contributed by atoms with Gasteiger partial charge in [-0.1, -0.05) is 12.1 Å². The number of nitrogens with two attached hydrogens (primary N) is 2. The summed E-state index contributed by atoms with van der Waals surface area (Å²) in [6.45, 7) is 3.58. The molecule has 0 radical (unpaired) electrons. The Kier molecular flexibility index (Phi) is 4.35. The van der Waals surface area contributed by atoms with Crippen molar-refractivity contribution in [3.63, 3.8) is 0 Å². The molecule has 2 aromatic carbocycles. The van der Waals surface area contributed by atoms with Crippen LogP contribution in [0.25, 0.3) is 21.7 Å². The van der Waals surface area contributed by atoms with Crippen LogP contribution in [0, 0.1) is 0 Å². The topological polar surface area (TPSA) is 99.0 Å². The van der Waals surface area contributed by atoms with Gasteiger partial charge in [0.15, 0.2) is 0 Å². The average molecular weight is 399 g/mol. The molecular weight excluding hydrogens is 374 g/mol. The number of fused-ring (bicyclic) bond motifs is 4. The fourth-order valence-electron chi connectivity index (χ4n) is 4.73. The number of nitrogens with one attached hydrogen (secondary N) is 1. The molecule has 1 aliphatic carbocycles. The standard InChI is InChI=1S/C24H25N5O/c1-2-29-20-5-3-4-18(20)19-11-15(7-9-21(19)29)24(30)27-13-14-6-8-17-16(10-14)12-22(25)28-23(17)26/h6-12H,2-5,13H2,1H3,(H,27,30)(H4,25,26,28). The second-order valence-electron chi connectivity index (χ2n) is 7.93. The Morgan fingerprint density at radius 2 is 1.97 bits per heavy atom. The zero-order valence-corrected chi connectivity index (χ0v) is 17.0. The van der Waals surface area contributed by atoms with E-state index in [-0.39, 0.29) is 5.91 Å². The van der Waals surface area contributed by atoms with Gasteiger partial charge in [-0.05, 0) is 73.0 Å². The highest BCUT2D eigenvalue weighted by molar-refractivity contribution is 5.99. The van der Waals surface area contributed by atoms with Gasteiger partial charge >= 0.3 is 0 Å². The first-order valence-corrected chi connectivity index (χ1v) is 10.4. The van der Waals surface area contributed by atoms with E-state index < -0.39 is 0 Å². The van der Waals surface area contributed by atoms with Crippen LogP contribution in [0.3, 0.4) is 0 Å². The molecule has 0 unspecified atom stereocenters. The van der Waals surface area contributed by atoms with E-state index in [2.05, 4.69) is 33.9 Å². The molecule has 30 heavy (non-hydrogen) atoms. The third kappa shape index (κ3) is 2.96. The molecule has 0 aliphatic heterocycles. The van der Waals surface area contributed by atoms with Crippen LogP contribution < -0.4 is 16.8 Å². The van der Waals surface area contributed by atoms with Gasteiger partial charge in [0.05, 0.1) is 0 Å². The van der Waals surface area contributed by atoms with Gasteiger partial charge in [-0.3, -0.25) is 4.79 Å². The van der Waals surface area contributed by atoms with Gasteiger partial charge in [-0.2, -0.15) is 0 Å². The zero-order chi connectivity index (χ0) is 20.8. The number of aryl methyl sites for hydroxylation is 2. The van der Waals surface area contributed by atoms with Gasteiger partial charge in [-0.15, -0.1) is 0 Å². The van der Waals surface area contributed by atoms with Crippen molar-refractivity contribution in [2.24, 2.45) is 0 Å². The molecule has 5 rings (SSSR count). The second-order valence-corrected chi connectivity index (χ2v) is 7.93. The maximum atomic E-state index is 12.8. The van der Waals surface area contributed by atoms with Crippen molar-refractivity contribution in [3.05, 3.63) is 64.8 Å². The van der Waals surface area contributed by atoms with Crippen molar-refractivity contribution in [2.75, 3.05) is 11.5 Å². The third-order valence-corrected chi connectivity index (χ3v) is 6.10. The minimum atomic E-state index is -0.0678. The summed E-state index contributed by atoms with van der Waals surface area (Å²) in [6, 6.07) is 13.7. The quantitative estimate of drug-likeness (QED) is 0.486. The monoisotopic (exact) mass is 399 g/mol. The molecule has 0 saturated heterocycles. The van der Waals surface area contributed by atoms with Gasteiger partial charge in [0.1, 0.15) is 11.6 Å². The molecule has 0 saturated carbocycles. The van der Waals surface area contributed by atoms with E-state index in [1.165, 1.54) is 28.6 Å². The molecule has 1 aliphatic rings. The van der Waals surface area contributed by atoms with Crippen LogP contribution in [-0.4, -0.2) is 15.5 Å². The van der Waals surface area contributed by atoms with E-state index in [0.29, 0.717) is 23.7 Å². The van der Waals surface area contributed by atoms with E-state index in [0.717, 1.165) is 35.7 Å². The van der Waals surface area contributed by atoms with Gasteiger partial charge in [0.25, 0.3) is 5.91 Å². The molecule has 1 amide bonds. The smallest absolute Gasteiger partial charge is 0.251 e. The zero-order valence-electron chi connectivity index (χ0n) is 17.0. The van der Waals surface area contributed by atoms with Crippen LogP contribution in [-0.2, 0) is 25.9 Å². The number of hydrogen-bond donors (Lipinski definition) is 3. The number of amides is 1. The fraction of sp³-hybridized carbons (Fsp3) is 0.250. The van der Waals surface area contributed by atoms with Crippen LogP contribution in [0.5, 0.6) is 0 Å². The number of aromatic nitrogens is 2. The predicted molar refractivity (Wildman–Crippen MR) is 121 cm³/mol. The van der Waals surface area contributed by atoms with Gasteiger partial charge in [0.2, 0.25) is 0 Å². The molecule has 6 heteroatoms. The molecule has 5 N–H and O–H groups in total. The molecule has 4 aromatic rings. The summed E-state index contributed by atoms with van der Waals surface area (Å²) in [7, 11) is 0. The largest absolute Gasteiger partial charge is 0.384 e. The van der Waals surface area contributed by atoms with E-state index in [4.69, 9.17) is 11.5 Å². The summed E-state index contributed by atoms with van der Waals surface area (Å²) in [5.41, 5.74) is 17.5.